The molecule has 0 saturated carbocycles. The zero-order valence-corrected chi connectivity index (χ0v) is 8.27. The molecule has 0 radical (unpaired) electrons. The van der Waals surface area contributed by atoms with Gasteiger partial charge in [0.15, 0.2) is 0 Å². The first-order valence-electron chi connectivity index (χ1n) is 3.41. The Bertz CT molecular complexity index is 371. The normalized spacial score (nSPS) is 10.2. The van der Waals surface area contributed by atoms with Crippen LogP contribution in [0, 0.1) is 18.3 Å². The molecule has 0 aliphatic heterocycles. The van der Waals surface area contributed by atoms with Gasteiger partial charge in [-0.05, 0) is 34.5 Å². The van der Waals surface area contributed by atoms with Gasteiger partial charge in [-0.3, -0.25) is 0 Å². The van der Waals surface area contributed by atoms with Crippen LogP contribution in [0.2, 0.25) is 0 Å². The maximum Gasteiger partial charge on any atom is 0.281 e. The summed E-state index contributed by atoms with van der Waals surface area (Å²) in [6, 6.07) is 3.18. The maximum absolute atomic E-state index is 12.3. The van der Waals surface area contributed by atoms with E-state index in [1.54, 1.807) is 13.0 Å². The molecule has 0 atom stereocenters. The van der Waals surface area contributed by atoms with Crippen molar-refractivity contribution in [3.63, 3.8) is 0 Å². The molecule has 0 amide bonds. The van der Waals surface area contributed by atoms with E-state index in [2.05, 4.69) is 20.9 Å². The van der Waals surface area contributed by atoms with Crippen molar-refractivity contribution in [2.75, 3.05) is 0 Å². The molecule has 0 aliphatic carbocycles. The van der Waals surface area contributed by atoms with E-state index >= 15 is 0 Å². The van der Waals surface area contributed by atoms with Crippen LogP contribution in [-0.4, -0.2) is 4.98 Å². The van der Waals surface area contributed by atoms with Crippen molar-refractivity contribution in [2.45, 2.75) is 13.3 Å². The van der Waals surface area contributed by atoms with Gasteiger partial charge in [-0.1, -0.05) is 0 Å². The molecule has 1 rings (SSSR count). The number of hydrogen-bond donors (Lipinski definition) is 0. The number of pyridine rings is 1. The van der Waals surface area contributed by atoms with Gasteiger partial charge in [0, 0.05) is 4.47 Å². The Morgan fingerprint density at radius 2 is 2.23 bits per heavy atom. The largest absolute Gasteiger partial charge is 0.281 e. The fourth-order valence-electron chi connectivity index (χ4n) is 0.883. The Kier molecular flexibility index (Phi) is 2.94. The number of aromatic nitrogens is 1. The minimum absolute atomic E-state index is 0.0102. The van der Waals surface area contributed by atoms with Gasteiger partial charge in [0.05, 0.1) is 0 Å². The van der Waals surface area contributed by atoms with E-state index < -0.39 is 6.43 Å². The lowest BCUT2D eigenvalue weighted by atomic mass is 10.2. The Hall–Kier alpha value is -1.02. The van der Waals surface area contributed by atoms with Crippen molar-refractivity contribution in [1.29, 1.82) is 5.26 Å². The van der Waals surface area contributed by atoms with Crippen LogP contribution in [0.5, 0.6) is 0 Å². The molecule has 1 aromatic heterocycles. The molecule has 0 N–H and O–H groups in total. The van der Waals surface area contributed by atoms with Crippen molar-refractivity contribution in [2.24, 2.45) is 0 Å². The highest BCUT2D eigenvalue weighted by Crippen LogP contribution is 2.28. The molecule has 0 aromatic carbocycles. The lowest BCUT2D eigenvalue weighted by Gasteiger charge is -2.05. The van der Waals surface area contributed by atoms with Crippen LogP contribution >= 0.6 is 15.9 Å². The smallest absolute Gasteiger partial charge is 0.235 e. The average Bonchev–Trinajstić information content (AvgIpc) is 2.09. The number of rotatable bonds is 1. The highest BCUT2D eigenvalue weighted by atomic mass is 79.9. The first kappa shape index (κ1) is 10.1. The minimum atomic E-state index is -2.67. The summed E-state index contributed by atoms with van der Waals surface area (Å²) in [5.41, 5.74) is 0.217. The van der Waals surface area contributed by atoms with Crippen LogP contribution in [0.4, 0.5) is 8.78 Å². The van der Waals surface area contributed by atoms with Gasteiger partial charge in [0.1, 0.15) is 17.5 Å². The van der Waals surface area contributed by atoms with Crippen molar-refractivity contribution in [3.05, 3.63) is 27.5 Å². The lowest BCUT2D eigenvalue weighted by Crippen LogP contribution is -1.97. The van der Waals surface area contributed by atoms with Crippen LogP contribution in [-0.2, 0) is 0 Å². The standard InChI is InChI=1S/C8H5BrF2N2/c1-4-2-5(3-12)13-7(6(4)9)8(10)11/h2,8H,1H3. The molecule has 0 aliphatic rings. The highest BCUT2D eigenvalue weighted by Gasteiger charge is 2.16. The molecule has 0 fully saturated rings. The summed E-state index contributed by atoms with van der Waals surface area (Å²) in [6.07, 6.45) is -2.67. The van der Waals surface area contributed by atoms with E-state index in [1.807, 2.05) is 0 Å². The first-order chi connectivity index (χ1) is 6.06. The van der Waals surface area contributed by atoms with Gasteiger partial charge in [0.2, 0.25) is 0 Å². The zero-order chi connectivity index (χ0) is 10.0. The Labute approximate surface area is 82.3 Å². The number of nitrogens with zero attached hydrogens (tertiary/aromatic N) is 2. The second kappa shape index (κ2) is 3.79. The summed E-state index contributed by atoms with van der Waals surface area (Å²) in [4.78, 5) is 3.49. The number of aryl methyl sites for hydroxylation is 1. The van der Waals surface area contributed by atoms with Crippen LogP contribution in [0.3, 0.4) is 0 Å². The van der Waals surface area contributed by atoms with Gasteiger partial charge in [0.25, 0.3) is 6.43 Å². The SMILES string of the molecule is Cc1cc(C#N)nc(C(F)F)c1Br. The van der Waals surface area contributed by atoms with Crippen molar-refractivity contribution >= 4 is 15.9 Å². The molecule has 68 valence electrons. The molecule has 0 bridgehead atoms. The Morgan fingerprint density at radius 3 is 2.69 bits per heavy atom. The number of hydrogen-bond acceptors (Lipinski definition) is 2. The van der Waals surface area contributed by atoms with E-state index in [-0.39, 0.29) is 15.9 Å². The van der Waals surface area contributed by atoms with Crippen LogP contribution in [0.1, 0.15) is 23.4 Å². The quantitative estimate of drug-likeness (QED) is 0.764. The summed E-state index contributed by atoms with van der Waals surface area (Å²) >= 11 is 2.99. The van der Waals surface area contributed by atoms with Crippen LogP contribution < -0.4 is 0 Å². The molecule has 0 unspecified atom stereocenters. The van der Waals surface area contributed by atoms with Gasteiger partial charge < -0.3 is 0 Å². The summed E-state index contributed by atoms with van der Waals surface area (Å²) in [5.74, 6) is 0. The fraction of sp³-hybridized carbons (Fsp3) is 0.250. The summed E-state index contributed by atoms with van der Waals surface area (Å²) < 4.78 is 24.9. The zero-order valence-electron chi connectivity index (χ0n) is 6.68. The third kappa shape index (κ3) is 2.01. The number of halogens is 3. The number of nitriles is 1. The van der Waals surface area contributed by atoms with Gasteiger partial charge in [-0.25, -0.2) is 13.8 Å². The first-order valence-corrected chi connectivity index (χ1v) is 4.21. The third-order valence-corrected chi connectivity index (χ3v) is 2.52. The monoisotopic (exact) mass is 246 g/mol. The minimum Gasteiger partial charge on any atom is -0.235 e. The van der Waals surface area contributed by atoms with Gasteiger partial charge >= 0.3 is 0 Å². The Balaban J connectivity index is 3.35. The molecule has 5 heteroatoms. The fourth-order valence-corrected chi connectivity index (χ4v) is 1.26. The van der Waals surface area contributed by atoms with Crippen LogP contribution in [0.15, 0.2) is 10.5 Å². The van der Waals surface area contributed by atoms with E-state index in [9.17, 15) is 8.78 Å². The predicted molar refractivity (Wildman–Crippen MR) is 46.3 cm³/mol. The summed E-state index contributed by atoms with van der Waals surface area (Å²) in [7, 11) is 0. The molecular weight excluding hydrogens is 242 g/mol. The molecule has 13 heavy (non-hydrogen) atoms. The van der Waals surface area contributed by atoms with E-state index in [0.29, 0.717) is 5.56 Å². The second-order valence-corrected chi connectivity index (χ2v) is 3.23. The number of alkyl halides is 2. The summed E-state index contributed by atoms with van der Waals surface area (Å²) in [5, 5.41) is 8.49. The Morgan fingerprint density at radius 1 is 1.62 bits per heavy atom. The molecule has 0 saturated heterocycles. The molecule has 0 spiro atoms. The molecular formula is C8H5BrF2N2. The third-order valence-electron chi connectivity index (χ3n) is 1.49. The average molecular weight is 247 g/mol. The highest BCUT2D eigenvalue weighted by molar-refractivity contribution is 9.10. The molecule has 2 nitrogen and oxygen atoms in total. The molecule has 1 heterocycles. The second-order valence-electron chi connectivity index (χ2n) is 2.44. The van der Waals surface area contributed by atoms with Crippen molar-refractivity contribution in [3.8, 4) is 6.07 Å². The summed E-state index contributed by atoms with van der Waals surface area (Å²) in [6.45, 7) is 1.64. The van der Waals surface area contributed by atoms with E-state index in [0.717, 1.165) is 0 Å². The topological polar surface area (TPSA) is 36.7 Å². The lowest BCUT2D eigenvalue weighted by molar-refractivity contribution is 0.145. The van der Waals surface area contributed by atoms with E-state index in [1.165, 1.54) is 6.07 Å². The molecule has 1 aromatic rings. The van der Waals surface area contributed by atoms with Crippen molar-refractivity contribution in [1.82, 2.24) is 4.98 Å². The maximum atomic E-state index is 12.3. The van der Waals surface area contributed by atoms with Gasteiger partial charge in [-0.15, -0.1) is 0 Å². The predicted octanol–water partition coefficient (Wildman–Crippen LogP) is 2.96. The van der Waals surface area contributed by atoms with Crippen molar-refractivity contribution < 1.29 is 8.78 Å². The van der Waals surface area contributed by atoms with Crippen LogP contribution in [0.25, 0.3) is 0 Å². The van der Waals surface area contributed by atoms with Gasteiger partial charge in [-0.2, -0.15) is 5.26 Å². The van der Waals surface area contributed by atoms with E-state index in [4.69, 9.17) is 5.26 Å².